The molecule has 6 N–H and O–H groups in total. The monoisotopic (exact) mass is 634 g/mol. The van der Waals surface area contributed by atoms with E-state index in [0.717, 1.165) is 28.9 Å². The van der Waals surface area contributed by atoms with Crippen molar-refractivity contribution < 1.29 is 37.6 Å². The first-order valence-electron chi connectivity index (χ1n) is 13.8. The molecule has 1 aliphatic rings. The molecule has 0 saturated carbocycles. The van der Waals surface area contributed by atoms with Crippen LogP contribution in [0.25, 0.3) is 0 Å². The molecule has 16 heteroatoms. The van der Waals surface area contributed by atoms with E-state index in [-0.39, 0.29) is 22.8 Å². The highest BCUT2D eigenvalue weighted by atomic mass is 32.2. The Bertz CT molecular complexity index is 1430. The fourth-order valence-electron chi connectivity index (χ4n) is 4.49. The summed E-state index contributed by atoms with van der Waals surface area (Å²) in [4.78, 5) is 59.2. The lowest BCUT2D eigenvalue weighted by Crippen LogP contribution is -2.53. The van der Waals surface area contributed by atoms with Gasteiger partial charge in [0.2, 0.25) is 17.7 Å². The molecule has 1 aliphatic heterocycles. The Hall–Kier alpha value is -4.57. The molecule has 0 aromatic heterocycles. The number of aliphatic carboxylic acids is 1. The van der Waals surface area contributed by atoms with Crippen LogP contribution in [0.1, 0.15) is 44.6 Å². The molecule has 15 nitrogen and oxygen atoms in total. The smallest absolute Gasteiger partial charge is 0.300 e. The number of carbonyl (C=O) groups is 4. The predicted octanol–water partition coefficient (Wildman–Crippen LogP) is 1.28. The largest absolute Gasteiger partial charge is 0.481 e. The Kier molecular flexibility index (Phi) is 13.2. The molecule has 3 rings (SSSR count). The van der Waals surface area contributed by atoms with Crippen molar-refractivity contribution in [2.75, 3.05) is 23.9 Å². The number of hydrogen-bond acceptors (Lipinski definition) is 9. The highest BCUT2D eigenvalue weighted by molar-refractivity contribution is 7.92. The van der Waals surface area contributed by atoms with Crippen LogP contribution in [0.5, 0.6) is 0 Å². The molecule has 2 atom stereocenters. The number of sulfonamides is 1. The van der Waals surface area contributed by atoms with Crippen LogP contribution in [0.2, 0.25) is 0 Å². The number of rotatable bonds is 13. The minimum atomic E-state index is -4.27. The number of nitro groups is 1. The average Bonchev–Trinajstić information content (AvgIpc) is 3.46. The van der Waals surface area contributed by atoms with Crippen molar-refractivity contribution in [2.45, 2.75) is 62.9 Å². The number of amides is 3. The third kappa shape index (κ3) is 10.0. The molecule has 2 aromatic rings. The van der Waals surface area contributed by atoms with Gasteiger partial charge in [0.05, 0.1) is 15.5 Å². The summed E-state index contributed by atoms with van der Waals surface area (Å²) in [5, 5.41) is 21.2. The lowest BCUT2D eigenvalue weighted by Gasteiger charge is -2.29. The van der Waals surface area contributed by atoms with Gasteiger partial charge >= 0.3 is 0 Å². The molecule has 44 heavy (non-hydrogen) atoms. The maximum Gasteiger partial charge on any atom is 0.300 e. The number of nitrogens with one attached hydrogen (secondary N) is 1. The van der Waals surface area contributed by atoms with Crippen molar-refractivity contribution >= 4 is 45.1 Å². The molecule has 240 valence electrons. The van der Waals surface area contributed by atoms with E-state index >= 15 is 0 Å². The Morgan fingerprint density at radius 3 is 2.23 bits per heavy atom. The first kappa shape index (κ1) is 35.6. The van der Waals surface area contributed by atoms with Crippen molar-refractivity contribution in [1.82, 2.24) is 10.2 Å². The SMILES string of the molecule is CC(=O)O.Cc1ccc(S(=O)(=O)N(CC(=O)N2CCC[C@H]2C(=O)N[C@@H](CCCCN)C(N)=O)c2ccc([N+](=O)[O-])cc2)cc1. The van der Waals surface area contributed by atoms with Crippen molar-refractivity contribution in [3.8, 4) is 0 Å². The Morgan fingerprint density at radius 2 is 1.70 bits per heavy atom. The number of carboxylic acid groups (broad SMARTS) is 1. The van der Waals surface area contributed by atoms with Gasteiger partial charge in [-0.3, -0.25) is 33.6 Å². The van der Waals surface area contributed by atoms with Gasteiger partial charge in [0.25, 0.3) is 21.7 Å². The van der Waals surface area contributed by atoms with Gasteiger partial charge in [-0.2, -0.15) is 0 Å². The maximum absolute atomic E-state index is 13.7. The first-order valence-corrected chi connectivity index (χ1v) is 15.3. The lowest BCUT2D eigenvalue weighted by molar-refractivity contribution is -0.384. The third-order valence-electron chi connectivity index (χ3n) is 6.72. The minimum Gasteiger partial charge on any atom is -0.481 e. The number of nitrogens with two attached hydrogens (primary N) is 2. The van der Waals surface area contributed by atoms with E-state index in [1.165, 1.54) is 29.2 Å². The Balaban J connectivity index is 0.00000159. The molecular formula is C28H38N6O9S. The number of hydrogen-bond donors (Lipinski definition) is 4. The lowest BCUT2D eigenvalue weighted by atomic mass is 10.1. The quantitative estimate of drug-likeness (QED) is 0.140. The summed E-state index contributed by atoms with van der Waals surface area (Å²) >= 11 is 0. The van der Waals surface area contributed by atoms with Gasteiger partial charge in [-0.05, 0) is 69.8 Å². The number of unbranched alkanes of at least 4 members (excludes halogenated alkanes) is 1. The first-order chi connectivity index (χ1) is 20.7. The molecule has 1 fully saturated rings. The van der Waals surface area contributed by atoms with Crippen molar-refractivity contribution in [1.29, 1.82) is 0 Å². The van der Waals surface area contributed by atoms with E-state index in [4.69, 9.17) is 21.4 Å². The van der Waals surface area contributed by atoms with Gasteiger partial charge < -0.3 is 26.8 Å². The van der Waals surface area contributed by atoms with Crippen LogP contribution in [0.15, 0.2) is 53.4 Å². The predicted molar refractivity (Wildman–Crippen MR) is 161 cm³/mol. The van der Waals surface area contributed by atoms with E-state index in [9.17, 15) is 32.9 Å². The van der Waals surface area contributed by atoms with Gasteiger partial charge in [-0.1, -0.05) is 17.7 Å². The zero-order valence-electron chi connectivity index (χ0n) is 24.5. The standard InChI is InChI=1S/C26H34N6O7S.C2H4O2/c1-18-7-13-21(14-8-18)40(38,39)31(19-9-11-20(12-10-19)32(36)37)17-24(33)30-16-4-6-23(30)26(35)29-22(25(28)34)5-2-3-15-27;1-2(3)4/h7-14,22-23H,2-6,15-17,27H2,1H3,(H2,28,34)(H,29,35);1H3,(H,3,4)/t22-,23-;/m0./s1. The number of nitrogens with zero attached hydrogens (tertiary/aromatic N) is 3. The summed E-state index contributed by atoms with van der Waals surface area (Å²) in [5.41, 5.74) is 11.6. The molecule has 0 unspecified atom stereocenters. The second-order valence-electron chi connectivity index (χ2n) is 10.1. The minimum absolute atomic E-state index is 0.0495. The molecule has 0 aliphatic carbocycles. The number of anilines is 1. The number of carboxylic acids is 1. The summed E-state index contributed by atoms with van der Waals surface area (Å²) in [6.07, 6.45) is 2.37. The average molecular weight is 635 g/mol. The van der Waals surface area contributed by atoms with Gasteiger partial charge in [0.15, 0.2) is 0 Å². The fraction of sp³-hybridized carbons (Fsp3) is 0.429. The molecule has 0 bridgehead atoms. The summed E-state index contributed by atoms with van der Waals surface area (Å²) in [6, 6.07) is 9.03. The van der Waals surface area contributed by atoms with Crippen molar-refractivity contribution in [2.24, 2.45) is 11.5 Å². The summed E-state index contributed by atoms with van der Waals surface area (Å²) < 4.78 is 28.2. The van der Waals surface area contributed by atoms with E-state index in [1.807, 2.05) is 0 Å². The van der Waals surface area contributed by atoms with Gasteiger partial charge in [-0.15, -0.1) is 0 Å². The van der Waals surface area contributed by atoms with E-state index in [1.54, 1.807) is 19.1 Å². The number of primary amides is 1. The van der Waals surface area contributed by atoms with Gasteiger partial charge in [0.1, 0.15) is 18.6 Å². The molecule has 1 saturated heterocycles. The van der Waals surface area contributed by atoms with E-state index < -0.39 is 57.3 Å². The summed E-state index contributed by atoms with van der Waals surface area (Å²) in [5.74, 6) is -2.72. The van der Waals surface area contributed by atoms with Crippen LogP contribution in [0.3, 0.4) is 0 Å². The van der Waals surface area contributed by atoms with Crippen LogP contribution in [0, 0.1) is 17.0 Å². The van der Waals surface area contributed by atoms with Crippen LogP contribution < -0.4 is 21.1 Å². The second kappa shape index (κ2) is 16.3. The van der Waals surface area contributed by atoms with Crippen molar-refractivity contribution in [3.05, 3.63) is 64.2 Å². The highest BCUT2D eigenvalue weighted by Crippen LogP contribution is 2.27. The zero-order valence-corrected chi connectivity index (χ0v) is 25.4. The molecule has 0 radical (unpaired) electrons. The number of non-ortho nitro benzene ring substituents is 1. The Morgan fingerprint density at radius 1 is 1.11 bits per heavy atom. The van der Waals surface area contributed by atoms with Gasteiger partial charge in [-0.25, -0.2) is 8.42 Å². The van der Waals surface area contributed by atoms with Crippen LogP contribution >= 0.6 is 0 Å². The third-order valence-corrected chi connectivity index (χ3v) is 8.51. The van der Waals surface area contributed by atoms with Crippen LogP contribution in [0.4, 0.5) is 11.4 Å². The number of likely N-dealkylation sites (tertiary alicyclic amines) is 1. The summed E-state index contributed by atoms with van der Waals surface area (Å²) in [6.45, 7) is 2.88. The molecular weight excluding hydrogens is 596 g/mol. The van der Waals surface area contributed by atoms with Crippen LogP contribution in [-0.4, -0.2) is 78.8 Å². The number of aryl methyl sites for hydroxylation is 1. The molecule has 3 amide bonds. The highest BCUT2D eigenvalue weighted by Gasteiger charge is 2.38. The zero-order chi connectivity index (χ0) is 33.0. The molecule has 0 spiro atoms. The van der Waals surface area contributed by atoms with Crippen LogP contribution in [-0.2, 0) is 29.2 Å². The van der Waals surface area contributed by atoms with Gasteiger partial charge in [0, 0.05) is 25.6 Å². The van der Waals surface area contributed by atoms with E-state index in [0.29, 0.717) is 38.6 Å². The van der Waals surface area contributed by atoms with Crippen molar-refractivity contribution in [3.63, 3.8) is 0 Å². The Labute approximate surface area is 255 Å². The topological polar surface area (TPSA) is 236 Å². The maximum atomic E-state index is 13.7. The number of nitro benzene ring substituents is 1. The second-order valence-corrected chi connectivity index (χ2v) is 12.0. The summed E-state index contributed by atoms with van der Waals surface area (Å²) in [7, 11) is -4.27. The normalized spacial score (nSPS) is 15.0. The number of benzene rings is 2. The molecule has 2 aromatic carbocycles. The fourth-order valence-corrected chi connectivity index (χ4v) is 5.91. The number of carbonyl (C=O) groups excluding carboxylic acids is 3. The van der Waals surface area contributed by atoms with E-state index in [2.05, 4.69) is 5.32 Å². The molecule has 1 heterocycles.